The third kappa shape index (κ3) is 1.29. The summed E-state index contributed by atoms with van der Waals surface area (Å²) >= 11 is 0. The molecule has 1 fully saturated rings. The number of carbonyl (C=O) groups excluding carboxylic acids is 1. The number of nitrogens with zero attached hydrogens (tertiary/aromatic N) is 3. The van der Waals surface area contributed by atoms with Crippen LogP contribution in [0.4, 0.5) is 0 Å². The fourth-order valence-electron chi connectivity index (χ4n) is 1.90. The molecule has 5 nitrogen and oxygen atoms in total. The van der Waals surface area contributed by atoms with Gasteiger partial charge in [0.2, 0.25) is 5.91 Å². The van der Waals surface area contributed by atoms with Crippen molar-refractivity contribution in [1.29, 1.82) is 0 Å². The largest absolute Gasteiger partial charge is 0.340 e. The monoisotopic (exact) mass is 194 g/mol. The third-order valence-corrected chi connectivity index (χ3v) is 2.65. The van der Waals surface area contributed by atoms with Gasteiger partial charge in [-0.1, -0.05) is 0 Å². The molecule has 1 amide bonds. The molecule has 0 aromatic carbocycles. The minimum Gasteiger partial charge on any atom is -0.340 e. The van der Waals surface area contributed by atoms with E-state index < -0.39 is 0 Å². The molecule has 2 atom stereocenters. The fourth-order valence-corrected chi connectivity index (χ4v) is 1.90. The number of rotatable bonds is 1. The van der Waals surface area contributed by atoms with Crippen LogP contribution in [-0.2, 0) is 11.8 Å². The van der Waals surface area contributed by atoms with Gasteiger partial charge in [-0.25, -0.2) is 4.98 Å². The van der Waals surface area contributed by atoms with Crippen molar-refractivity contribution in [3.8, 4) is 0 Å². The number of nitrogens with two attached hydrogens (primary N) is 1. The van der Waals surface area contributed by atoms with Crippen LogP contribution in [0.5, 0.6) is 0 Å². The van der Waals surface area contributed by atoms with Crippen molar-refractivity contribution in [3.63, 3.8) is 0 Å². The van der Waals surface area contributed by atoms with Crippen LogP contribution in [0.1, 0.15) is 18.2 Å². The van der Waals surface area contributed by atoms with Crippen molar-refractivity contribution in [2.24, 2.45) is 12.8 Å². The lowest BCUT2D eigenvalue weighted by molar-refractivity contribution is -0.127. The molecule has 76 valence electrons. The van der Waals surface area contributed by atoms with Gasteiger partial charge in [0.05, 0.1) is 18.1 Å². The van der Waals surface area contributed by atoms with Gasteiger partial charge in [-0.15, -0.1) is 0 Å². The number of hydrogen-bond acceptors (Lipinski definition) is 3. The number of imidazole rings is 1. The van der Waals surface area contributed by atoms with Crippen LogP contribution in [0.2, 0.25) is 0 Å². The summed E-state index contributed by atoms with van der Waals surface area (Å²) in [6.07, 6.45) is 4.04. The molecule has 14 heavy (non-hydrogen) atoms. The summed E-state index contributed by atoms with van der Waals surface area (Å²) in [7, 11) is 3.67. The van der Waals surface area contributed by atoms with Crippen molar-refractivity contribution in [1.82, 2.24) is 14.5 Å². The summed E-state index contributed by atoms with van der Waals surface area (Å²) in [5.41, 5.74) is 6.76. The molecule has 0 unspecified atom stereocenters. The number of carbonyl (C=O) groups is 1. The van der Waals surface area contributed by atoms with Crippen molar-refractivity contribution in [2.75, 3.05) is 7.05 Å². The van der Waals surface area contributed by atoms with Crippen LogP contribution in [0.15, 0.2) is 12.5 Å². The van der Waals surface area contributed by atoms with E-state index in [9.17, 15) is 4.79 Å². The van der Waals surface area contributed by atoms with Crippen molar-refractivity contribution in [2.45, 2.75) is 18.5 Å². The third-order valence-electron chi connectivity index (χ3n) is 2.65. The highest BCUT2D eigenvalue weighted by Gasteiger charge is 2.37. The van der Waals surface area contributed by atoms with Crippen molar-refractivity contribution >= 4 is 5.91 Å². The van der Waals surface area contributed by atoms with Gasteiger partial charge in [0.15, 0.2) is 0 Å². The van der Waals surface area contributed by atoms with Crippen LogP contribution in [0.25, 0.3) is 0 Å². The molecule has 2 rings (SSSR count). The Labute approximate surface area is 82.5 Å². The van der Waals surface area contributed by atoms with Crippen LogP contribution < -0.4 is 5.73 Å². The second-order valence-electron chi connectivity index (χ2n) is 3.78. The predicted molar refractivity (Wildman–Crippen MR) is 51.3 cm³/mol. The Bertz CT molecular complexity index is 359. The maximum absolute atomic E-state index is 11.4. The van der Waals surface area contributed by atoms with E-state index in [0.717, 1.165) is 5.69 Å². The first-order valence-electron chi connectivity index (χ1n) is 4.58. The van der Waals surface area contributed by atoms with Gasteiger partial charge in [0.25, 0.3) is 0 Å². The zero-order valence-corrected chi connectivity index (χ0v) is 8.34. The van der Waals surface area contributed by atoms with Crippen LogP contribution in [-0.4, -0.2) is 33.4 Å². The second kappa shape index (κ2) is 3.09. The summed E-state index contributed by atoms with van der Waals surface area (Å²) in [4.78, 5) is 17.3. The zero-order chi connectivity index (χ0) is 10.3. The van der Waals surface area contributed by atoms with E-state index in [4.69, 9.17) is 5.73 Å². The Hall–Kier alpha value is -1.36. The number of likely N-dealkylation sites (tertiary alicyclic amines) is 1. The molecule has 2 N–H and O–H groups in total. The first-order valence-corrected chi connectivity index (χ1v) is 4.58. The van der Waals surface area contributed by atoms with Crippen molar-refractivity contribution < 1.29 is 4.79 Å². The Morgan fingerprint density at radius 3 is 2.71 bits per heavy atom. The maximum Gasteiger partial charge on any atom is 0.224 e. The molecule has 1 aromatic rings. The van der Waals surface area contributed by atoms with Gasteiger partial charge in [0.1, 0.15) is 0 Å². The second-order valence-corrected chi connectivity index (χ2v) is 3.78. The Morgan fingerprint density at radius 1 is 1.57 bits per heavy atom. The first kappa shape index (κ1) is 9.21. The van der Waals surface area contributed by atoms with E-state index in [0.29, 0.717) is 6.42 Å². The average molecular weight is 194 g/mol. The van der Waals surface area contributed by atoms with Gasteiger partial charge in [0, 0.05) is 32.8 Å². The van der Waals surface area contributed by atoms with Gasteiger partial charge in [-0.05, 0) is 0 Å². The molecule has 0 spiro atoms. The first-order chi connectivity index (χ1) is 6.59. The van der Waals surface area contributed by atoms with E-state index in [2.05, 4.69) is 4.98 Å². The molecule has 1 saturated heterocycles. The predicted octanol–water partition coefficient (Wildman–Crippen LogP) is -0.349. The topological polar surface area (TPSA) is 64.2 Å². The Balaban J connectivity index is 2.30. The molecule has 0 aliphatic carbocycles. The highest BCUT2D eigenvalue weighted by molar-refractivity contribution is 5.79. The molecular formula is C9H14N4O. The molecule has 1 aliphatic heterocycles. The summed E-state index contributed by atoms with van der Waals surface area (Å²) in [6.45, 7) is 0. The molecule has 2 heterocycles. The lowest BCUT2D eigenvalue weighted by atomic mass is 10.1. The van der Waals surface area contributed by atoms with Crippen LogP contribution >= 0.6 is 0 Å². The summed E-state index contributed by atoms with van der Waals surface area (Å²) < 4.78 is 1.86. The quantitative estimate of drug-likeness (QED) is 0.664. The normalized spacial score (nSPS) is 27.4. The molecule has 1 aromatic heterocycles. The number of hydrogen-bond donors (Lipinski definition) is 1. The smallest absolute Gasteiger partial charge is 0.224 e. The van der Waals surface area contributed by atoms with E-state index in [-0.39, 0.29) is 18.0 Å². The van der Waals surface area contributed by atoms with Gasteiger partial charge in [-0.2, -0.15) is 0 Å². The standard InChI is InChI=1S/C9H14N4O/c1-12-4-7(11-5-12)9-6(10)3-8(14)13(9)2/h4-6,9H,3,10H2,1-2H3/t6-,9-/m0/s1. The van der Waals surface area contributed by atoms with Crippen molar-refractivity contribution in [3.05, 3.63) is 18.2 Å². The lowest BCUT2D eigenvalue weighted by Gasteiger charge is -2.20. The molecule has 0 saturated carbocycles. The van der Waals surface area contributed by atoms with E-state index in [1.165, 1.54) is 0 Å². The molecule has 0 radical (unpaired) electrons. The highest BCUT2D eigenvalue weighted by atomic mass is 16.2. The zero-order valence-electron chi connectivity index (χ0n) is 8.34. The highest BCUT2D eigenvalue weighted by Crippen LogP contribution is 2.28. The molecule has 1 aliphatic rings. The molecule has 0 bridgehead atoms. The molecular weight excluding hydrogens is 180 g/mol. The van der Waals surface area contributed by atoms with E-state index >= 15 is 0 Å². The number of aryl methyl sites for hydroxylation is 1. The Morgan fingerprint density at radius 2 is 2.29 bits per heavy atom. The average Bonchev–Trinajstić information content (AvgIpc) is 2.60. The number of likely N-dealkylation sites (N-methyl/N-ethyl adjacent to an activating group) is 1. The SMILES string of the molecule is CN1C(=O)C[C@H](N)[C@H]1c1cn(C)cn1. The van der Waals surface area contributed by atoms with E-state index in [1.807, 2.05) is 17.8 Å². The van der Waals surface area contributed by atoms with Gasteiger partial charge >= 0.3 is 0 Å². The summed E-state index contributed by atoms with van der Waals surface area (Å²) in [5, 5.41) is 0. The van der Waals surface area contributed by atoms with Gasteiger partial charge < -0.3 is 15.2 Å². The van der Waals surface area contributed by atoms with Gasteiger partial charge in [-0.3, -0.25) is 4.79 Å². The van der Waals surface area contributed by atoms with Crippen LogP contribution in [0.3, 0.4) is 0 Å². The minimum absolute atomic E-state index is 0.0660. The maximum atomic E-state index is 11.4. The summed E-state index contributed by atoms with van der Waals surface area (Å²) in [5.74, 6) is 0.0909. The lowest BCUT2D eigenvalue weighted by Crippen LogP contribution is -2.30. The molecule has 5 heteroatoms. The number of amides is 1. The van der Waals surface area contributed by atoms with E-state index in [1.54, 1.807) is 18.3 Å². The Kier molecular flexibility index (Phi) is 2.03. The van der Waals surface area contributed by atoms with Crippen LogP contribution in [0, 0.1) is 0 Å². The number of aromatic nitrogens is 2. The minimum atomic E-state index is -0.137. The fraction of sp³-hybridized carbons (Fsp3) is 0.556. The summed E-state index contributed by atoms with van der Waals surface area (Å²) in [6, 6.07) is -0.203.